The quantitative estimate of drug-likeness (QED) is 0.466. The van der Waals surface area contributed by atoms with Crippen LogP contribution in [-0.2, 0) is 23.4 Å². The number of hydrogen-bond acceptors (Lipinski definition) is 3. The average Bonchev–Trinajstić information content (AvgIpc) is 3.27. The van der Waals surface area contributed by atoms with Crippen molar-refractivity contribution in [2.24, 2.45) is 0 Å². The number of amides is 1. The second-order valence-electron chi connectivity index (χ2n) is 7.47. The van der Waals surface area contributed by atoms with Crippen molar-refractivity contribution in [3.8, 4) is 0 Å². The maximum atomic E-state index is 13.1. The van der Waals surface area contributed by atoms with E-state index >= 15 is 0 Å². The van der Waals surface area contributed by atoms with E-state index in [0.29, 0.717) is 24.1 Å². The molecule has 0 aliphatic heterocycles. The fourth-order valence-electron chi connectivity index (χ4n) is 3.64. The van der Waals surface area contributed by atoms with Gasteiger partial charge in [0.05, 0.1) is 12.0 Å². The lowest BCUT2D eigenvalue weighted by Gasteiger charge is -2.28. The molecule has 0 aliphatic rings. The van der Waals surface area contributed by atoms with Crippen LogP contribution in [0.4, 0.5) is 0 Å². The molecule has 0 unspecified atom stereocenters. The summed E-state index contributed by atoms with van der Waals surface area (Å²) in [5.74, 6) is -0.450. The van der Waals surface area contributed by atoms with Crippen molar-refractivity contribution < 1.29 is 9.90 Å². The van der Waals surface area contributed by atoms with Crippen molar-refractivity contribution in [2.75, 3.05) is 6.54 Å². The number of aliphatic hydroxyl groups is 1. The summed E-state index contributed by atoms with van der Waals surface area (Å²) in [6, 6.07) is 28.2. The first-order chi connectivity index (χ1) is 15.2. The van der Waals surface area contributed by atoms with Crippen LogP contribution < -0.4 is 5.32 Å². The lowest BCUT2D eigenvalue weighted by atomic mass is 9.85. The van der Waals surface area contributed by atoms with E-state index < -0.39 is 11.5 Å². The number of carbonyl (C=O) groups is 1. The van der Waals surface area contributed by atoms with Crippen LogP contribution in [0.3, 0.4) is 0 Å². The molecule has 4 aromatic rings. The van der Waals surface area contributed by atoms with E-state index in [-0.39, 0.29) is 0 Å². The number of benzene rings is 3. The van der Waals surface area contributed by atoms with Gasteiger partial charge in [-0.2, -0.15) is 0 Å². The van der Waals surface area contributed by atoms with Crippen molar-refractivity contribution in [1.29, 1.82) is 0 Å². The summed E-state index contributed by atoms with van der Waals surface area (Å²) in [6.07, 6.45) is 4.36. The third-order valence-electron chi connectivity index (χ3n) is 5.27. The van der Waals surface area contributed by atoms with E-state index in [9.17, 15) is 9.90 Å². The normalized spacial score (nSPS) is 11.3. The van der Waals surface area contributed by atoms with Crippen LogP contribution in [-0.4, -0.2) is 27.1 Å². The third kappa shape index (κ3) is 4.73. The third-order valence-corrected chi connectivity index (χ3v) is 5.27. The molecular formula is C26H25N3O2. The van der Waals surface area contributed by atoms with Gasteiger partial charge in [0.25, 0.3) is 5.91 Å². The van der Waals surface area contributed by atoms with Crippen LogP contribution in [0.25, 0.3) is 0 Å². The van der Waals surface area contributed by atoms with Gasteiger partial charge in [0, 0.05) is 25.7 Å². The van der Waals surface area contributed by atoms with Crippen molar-refractivity contribution in [1.82, 2.24) is 14.9 Å². The Morgan fingerprint density at radius 2 is 1.42 bits per heavy atom. The van der Waals surface area contributed by atoms with Crippen LogP contribution in [0.1, 0.15) is 22.4 Å². The molecule has 0 radical (unpaired) electrons. The highest BCUT2D eigenvalue weighted by Gasteiger charge is 2.39. The molecule has 0 saturated heterocycles. The molecule has 1 amide bonds. The number of aromatic nitrogens is 2. The fourth-order valence-corrected chi connectivity index (χ4v) is 3.64. The molecule has 5 nitrogen and oxygen atoms in total. The summed E-state index contributed by atoms with van der Waals surface area (Å²) in [7, 11) is 0. The van der Waals surface area contributed by atoms with Gasteiger partial charge in [-0.25, -0.2) is 4.98 Å². The second-order valence-corrected chi connectivity index (χ2v) is 7.47. The lowest BCUT2D eigenvalue weighted by molar-refractivity contribution is -0.136. The molecule has 31 heavy (non-hydrogen) atoms. The molecule has 0 fully saturated rings. The number of carbonyl (C=O) groups excluding carboxylic acids is 1. The van der Waals surface area contributed by atoms with E-state index in [0.717, 1.165) is 12.2 Å². The molecule has 5 heteroatoms. The topological polar surface area (TPSA) is 67.2 Å². The van der Waals surface area contributed by atoms with Crippen LogP contribution in [0, 0.1) is 0 Å². The summed E-state index contributed by atoms with van der Waals surface area (Å²) in [6.45, 7) is 1.13. The summed E-state index contributed by atoms with van der Waals surface area (Å²) in [5, 5.41) is 14.3. The highest BCUT2D eigenvalue weighted by Crippen LogP contribution is 2.29. The first kappa shape index (κ1) is 20.6. The van der Waals surface area contributed by atoms with Gasteiger partial charge in [-0.15, -0.1) is 0 Å². The standard InChI is InChI=1S/C26H25N3O2/c30-25(26(31,22-12-6-2-7-13-22)23-14-8-3-9-15-23)27-17-16-24-19-29(20-28-24)18-21-10-4-1-5-11-21/h1-15,19-20,31H,16-18H2,(H,27,30). The Hall–Kier alpha value is -3.70. The van der Waals surface area contributed by atoms with E-state index in [1.807, 2.05) is 65.4 Å². The number of rotatable bonds is 8. The molecule has 0 aliphatic carbocycles. The molecule has 4 rings (SSSR count). The molecule has 1 aromatic heterocycles. The Balaban J connectivity index is 1.42. The van der Waals surface area contributed by atoms with Gasteiger partial charge >= 0.3 is 0 Å². The molecule has 2 N–H and O–H groups in total. The smallest absolute Gasteiger partial charge is 0.261 e. The van der Waals surface area contributed by atoms with Crippen molar-refractivity contribution in [3.63, 3.8) is 0 Å². The van der Waals surface area contributed by atoms with Crippen LogP contribution in [0.15, 0.2) is 104 Å². The minimum atomic E-state index is -1.75. The number of imidazole rings is 1. The summed E-state index contributed by atoms with van der Waals surface area (Å²) < 4.78 is 2.02. The Labute approximate surface area is 182 Å². The highest BCUT2D eigenvalue weighted by molar-refractivity contribution is 5.90. The zero-order valence-corrected chi connectivity index (χ0v) is 17.2. The van der Waals surface area contributed by atoms with Gasteiger partial charge in [0.1, 0.15) is 0 Å². The maximum absolute atomic E-state index is 13.1. The molecule has 1 heterocycles. The Morgan fingerprint density at radius 3 is 2.00 bits per heavy atom. The highest BCUT2D eigenvalue weighted by atomic mass is 16.3. The van der Waals surface area contributed by atoms with Crippen LogP contribution >= 0.6 is 0 Å². The predicted octanol–water partition coefficient (Wildman–Crippen LogP) is 3.53. The van der Waals surface area contributed by atoms with Crippen LogP contribution in [0.2, 0.25) is 0 Å². The van der Waals surface area contributed by atoms with Gasteiger partial charge < -0.3 is 15.0 Å². The van der Waals surface area contributed by atoms with Gasteiger partial charge in [-0.3, -0.25) is 4.79 Å². The van der Waals surface area contributed by atoms with Gasteiger partial charge in [0.2, 0.25) is 0 Å². The fraction of sp³-hybridized carbons (Fsp3) is 0.154. The molecule has 0 saturated carbocycles. The Bertz CT molecular complexity index is 1070. The van der Waals surface area contributed by atoms with E-state index in [2.05, 4.69) is 22.4 Å². The summed E-state index contributed by atoms with van der Waals surface area (Å²) >= 11 is 0. The number of hydrogen-bond donors (Lipinski definition) is 2. The first-order valence-electron chi connectivity index (χ1n) is 10.3. The van der Waals surface area contributed by atoms with Crippen molar-refractivity contribution in [3.05, 3.63) is 126 Å². The number of nitrogens with zero attached hydrogens (tertiary/aromatic N) is 2. The molecule has 0 bridgehead atoms. The summed E-state index contributed by atoms with van der Waals surface area (Å²) in [4.78, 5) is 17.6. The summed E-state index contributed by atoms with van der Waals surface area (Å²) in [5.41, 5.74) is 1.40. The second kappa shape index (κ2) is 9.41. The lowest BCUT2D eigenvalue weighted by Crippen LogP contribution is -2.46. The minimum Gasteiger partial charge on any atom is -0.372 e. The molecule has 3 aromatic carbocycles. The van der Waals surface area contributed by atoms with E-state index in [4.69, 9.17) is 0 Å². The zero-order chi connectivity index (χ0) is 21.5. The molecular weight excluding hydrogens is 386 g/mol. The minimum absolute atomic E-state index is 0.378. The molecule has 0 atom stereocenters. The monoisotopic (exact) mass is 411 g/mol. The Morgan fingerprint density at radius 1 is 0.871 bits per heavy atom. The zero-order valence-electron chi connectivity index (χ0n) is 17.2. The van der Waals surface area contributed by atoms with Gasteiger partial charge in [-0.1, -0.05) is 91.0 Å². The largest absolute Gasteiger partial charge is 0.372 e. The van der Waals surface area contributed by atoms with E-state index in [1.54, 1.807) is 30.6 Å². The first-order valence-corrected chi connectivity index (χ1v) is 10.3. The SMILES string of the molecule is O=C(NCCc1cn(Cc2ccccc2)cn1)C(O)(c1ccccc1)c1ccccc1. The van der Waals surface area contributed by atoms with Crippen LogP contribution in [0.5, 0.6) is 0 Å². The maximum Gasteiger partial charge on any atom is 0.261 e. The van der Waals surface area contributed by atoms with E-state index in [1.165, 1.54) is 5.56 Å². The molecule has 0 spiro atoms. The predicted molar refractivity (Wildman–Crippen MR) is 120 cm³/mol. The van der Waals surface area contributed by atoms with Gasteiger partial charge in [0.15, 0.2) is 5.60 Å². The van der Waals surface area contributed by atoms with Gasteiger partial charge in [-0.05, 0) is 16.7 Å². The molecule has 156 valence electrons. The average molecular weight is 412 g/mol. The van der Waals surface area contributed by atoms with Crippen molar-refractivity contribution >= 4 is 5.91 Å². The number of nitrogens with one attached hydrogen (secondary N) is 1. The Kier molecular flexibility index (Phi) is 6.24. The van der Waals surface area contributed by atoms with Crippen molar-refractivity contribution in [2.45, 2.75) is 18.6 Å².